The number of rotatable bonds is 5. The number of esters is 1. The van der Waals surface area contributed by atoms with E-state index in [1.54, 1.807) is 13.0 Å². The van der Waals surface area contributed by atoms with Crippen molar-refractivity contribution >= 4 is 11.7 Å². The van der Waals surface area contributed by atoms with Gasteiger partial charge in [-0.2, -0.15) is 0 Å². The maximum atomic E-state index is 11.2. The van der Waals surface area contributed by atoms with Crippen LogP contribution < -0.4 is 0 Å². The Labute approximate surface area is 102 Å². The Bertz CT molecular complexity index is 439. The van der Waals surface area contributed by atoms with Crippen LogP contribution in [-0.2, 0) is 9.53 Å². The highest BCUT2D eigenvalue weighted by Crippen LogP contribution is 2.22. The monoisotopic (exact) mass is 231 g/mol. The molecule has 1 aliphatic heterocycles. The number of carbonyl (C=O) groups excluding carboxylic acids is 1. The van der Waals surface area contributed by atoms with Crippen molar-refractivity contribution < 1.29 is 9.53 Å². The molecule has 0 bridgehead atoms. The van der Waals surface area contributed by atoms with Crippen LogP contribution in [0.2, 0.25) is 0 Å². The van der Waals surface area contributed by atoms with E-state index in [0.717, 1.165) is 17.0 Å². The van der Waals surface area contributed by atoms with E-state index in [-0.39, 0.29) is 12.6 Å². The third-order valence-corrected chi connectivity index (χ3v) is 2.28. The lowest BCUT2D eigenvalue weighted by molar-refractivity contribution is -0.137. The summed E-state index contributed by atoms with van der Waals surface area (Å²) in [6.45, 7) is 11.0. The van der Waals surface area contributed by atoms with Crippen LogP contribution in [0.5, 0.6) is 0 Å². The molecule has 17 heavy (non-hydrogen) atoms. The van der Waals surface area contributed by atoms with Crippen LogP contribution in [0.1, 0.15) is 20.3 Å². The van der Waals surface area contributed by atoms with Gasteiger partial charge >= 0.3 is 5.97 Å². The molecule has 0 aromatic heterocycles. The van der Waals surface area contributed by atoms with Crippen molar-refractivity contribution in [2.45, 2.75) is 20.3 Å². The molecule has 0 aliphatic carbocycles. The second-order valence-electron chi connectivity index (χ2n) is 3.83. The molecular weight excluding hydrogens is 214 g/mol. The van der Waals surface area contributed by atoms with E-state index in [4.69, 9.17) is 4.74 Å². The number of allylic oxidation sites excluding steroid dienone is 4. The molecule has 90 valence electrons. The summed E-state index contributed by atoms with van der Waals surface area (Å²) in [5.41, 5.74) is 3.19. The fourth-order valence-corrected chi connectivity index (χ4v) is 1.47. The van der Waals surface area contributed by atoms with Crippen molar-refractivity contribution in [1.29, 1.82) is 0 Å². The average molecular weight is 231 g/mol. The van der Waals surface area contributed by atoms with Crippen LogP contribution in [-0.4, -0.2) is 18.3 Å². The predicted octanol–water partition coefficient (Wildman–Crippen LogP) is 2.97. The summed E-state index contributed by atoms with van der Waals surface area (Å²) in [6, 6.07) is 0. The molecule has 0 saturated carbocycles. The van der Waals surface area contributed by atoms with Gasteiger partial charge in [-0.1, -0.05) is 25.3 Å². The molecule has 0 radical (unpaired) electrons. The fraction of sp³-hybridized carbons (Fsp3) is 0.286. The lowest BCUT2D eigenvalue weighted by atomic mass is 10.1. The standard InChI is InChI=1S/C14H17NO2/c1-5-7-11-8-12(15-13(11)6-2)9-17-14(16)10(3)4/h5-7H,2-3,8-9H2,1,4H3/b7-5-. The van der Waals surface area contributed by atoms with Gasteiger partial charge in [0.25, 0.3) is 0 Å². The molecule has 3 heteroatoms. The van der Waals surface area contributed by atoms with Gasteiger partial charge in [0.05, 0.1) is 11.4 Å². The molecule has 0 fully saturated rings. The summed E-state index contributed by atoms with van der Waals surface area (Å²) < 4.78 is 5.05. The fourth-order valence-electron chi connectivity index (χ4n) is 1.47. The molecule has 0 unspecified atom stereocenters. The maximum Gasteiger partial charge on any atom is 0.333 e. The molecule has 0 atom stereocenters. The summed E-state index contributed by atoms with van der Waals surface area (Å²) in [5.74, 6) is -0.382. The molecule has 1 rings (SSSR count). The van der Waals surface area contributed by atoms with Gasteiger partial charge in [-0.05, 0) is 25.5 Å². The normalized spacial score (nSPS) is 15.1. The topological polar surface area (TPSA) is 38.7 Å². The first-order valence-electron chi connectivity index (χ1n) is 5.45. The molecule has 0 aromatic carbocycles. The molecule has 0 amide bonds. The van der Waals surface area contributed by atoms with Gasteiger partial charge in [0.15, 0.2) is 0 Å². The van der Waals surface area contributed by atoms with Gasteiger partial charge in [-0.25, -0.2) is 4.79 Å². The second kappa shape index (κ2) is 5.99. The summed E-state index contributed by atoms with van der Waals surface area (Å²) in [5, 5.41) is 0. The van der Waals surface area contributed by atoms with Crippen LogP contribution >= 0.6 is 0 Å². The smallest absolute Gasteiger partial charge is 0.333 e. The Morgan fingerprint density at radius 2 is 2.29 bits per heavy atom. The number of ether oxygens (including phenoxy) is 1. The van der Waals surface area contributed by atoms with Crippen molar-refractivity contribution in [2.75, 3.05) is 6.61 Å². The van der Waals surface area contributed by atoms with Gasteiger partial charge < -0.3 is 4.74 Å². The van der Waals surface area contributed by atoms with Crippen molar-refractivity contribution in [2.24, 2.45) is 4.99 Å². The number of hydrogen-bond acceptors (Lipinski definition) is 3. The van der Waals surface area contributed by atoms with Crippen molar-refractivity contribution in [3.8, 4) is 0 Å². The quantitative estimate of drug-likeness (QED) is 0.539. The van der Waals surface area contributed by atoms with Gasteiger partial charge in [-0.15, -0.1) is 0 Å². The number of aliphatic imine (C=N–C) groups is 1. The minimum atomic E-state index is -0.382. The summed E-state index contributed by atoms with van der Waals surface area (Å²) in [6.07, 6.45) is 6.36. The van der Waals surface area contributed by atoms with Gasteiger partial charge in [0.2, 0.25) is 0 Å². The molecule has 1 heterocycles. The Hall–Kier alpha value is -1.90. The third kappa shape index (κ3) is 3.55. The molecule has 0 aromatic rings. The van der Waals surface area contributed by atoms with Crippen LogP contribution in [0.4, 0.5) is 0 Å². The Morgan fingerprint density at radius 3 is 2.82 bits per heavy atom. The van der Waals surface area contributed by atoms with Crippen molar-refractivity contribution in [1.82, 2.24) is 0 Å². The average Bonchev–Trinajstić information content (AvgIpc) is 2.68. The zero-order valence-electron chi connectivity index (χ0n) is 10.3. The van der Waals surface area contributed by atoms with Gasteiger partial charge in [0.1, 0.15) is 6.61 Å². The zero-order chi connectivity index (χ0) is 12.8. The van der Waals surface area contributed by atoms with Gasteiger partial charge in [0, 0.05) is 12.0 Å². The lowest BCUT2D eigenvalue weighted by Crippen LogP contribution is -2.13. The third-order valence-electron chi connectivity index (χ3n) is 2.28. The van der Waals surface area contributed by atoms with Crippen molar-refractivity contribution in [3.63, 3.8) is 0 Å². The second-order valence-corrected chi connectivity index (χ2v) is 3.83. The van der Waals surface area contributed by atoms with E-state index in [2.05, 4.69) is 18.2 Å². The van der Waals surface area contributed by atoms with Crippen LogP contribution in [0.25, 0.3) is 0 Å². The lowest BCUT2D eigenvalue weighted by Gasteiger charge is -2.03. The Balaban J connectivity index is 2.59. The Kier molecular flexibility index (Phi) is 4.64. The molecule has 0 N–H and O–H groups in total. The van der Waals surface area contributed by atoms with E-state index < -0.39 is 0 Å². The highest BCUT2D eigenvalue weighted by atomic mass is 16.5. The first kappa shape index (κ1) is 13.2. The van der Waals surface area contributed by atoms with Crippen LogP contribution in [0.3, 0.4) is 0 Å². The van der Waals surface area contributed by atoms with Crippen LogP contribution in [0.15, 0.2) is 53.2 Å². The summed E-state index contributed by atoms with van der Waals surface area (Å²) in [4.78, 5) is 15.6. The van der Waals surface area contributed by atoms with E-state index in [9.17, 15) is 4.79 Å². The van der Waals surface area contributed by atoms with Crippen molar-refractivity contribution in [3.05, 3.63) is 48.2 Å². The molecule has 0 saturated heterocycles. The van der Waals surface area contributed by atoms with E-state index in [1.165, 1.54) is 0 Å². The van der Waals surface area contributed by atoms with E-state index in [1.807, 2.05) is 19.1 Å². The maximum absolute atomic E-state index is 11.2. The SMILES string of the molecule is C=CC1=C(/C=C\C)CC(COC(=O)C(=C)C)=N1. The first-order chi connectivity index (χ1) is 8.08. The molecular formula is C14H17NO2. The highest BCUT2D eigenvalue weighted by molar-refractivity contribution is 5.95. The minimum Gasteiger partial charge on any atom is -0.456 e. The molecule has 3 nitrogen and oxygen atoms in total. The number of carbonyl (C=O) groups is 1. The first-order valence-corrected chi connectivity index (χ1v) is 5.45. The number of nitrogens with zero attached hydrogens (tertiary/aromatic N) is 1. The highest BCUT2D eigenvalue weighted by Gasteiger charge is 2.15. The Morgan fingerprint density at radius 1 is 1.59 bits per heavy atom. The zero-order valence-corrected chi connectivity index (χ0v) is 10.3. The molecule has 1 aliphatic rings. The minimum absolute atomic E-state index is 0.212. The van der Waals surface area contributed by atoms with E-state index >= 15 is 0 Å². The molecule has 0 spiro atoms. The summed E-state index contributed by atoms with van der Waals surface area (Å²) >= 11 is 0. The summed E-state index contributed by atoms with van der Waals surface area (Å²) in [7, 11) is 0. The van der Waals surface area contributed by atoms with Gasteiger partial charge in [-0.3, -0.25) is 4.99 Å². The predicted molar refractivity (Wildman–Crippen MR) is 69.9 cm³/mol. The van der Waals surface area contributed by atoms with Crippen LogP contribution in [0, 0.1) is 0 Å². The number of hydrogen-bond donors (Lipinski definition) is 0. The largest absolute Gasteiger partial charge is 0.456 e. The van der Waals surface area contributed by atoms with E-state index in [0.29, 0.717) is 12.0 Å².